The molecule has 0 spiro atoms. The average molecular weight is 544 g/mol. The Morgan fingerprint density at radius 2 is 1.83 bits per heavy atom. The molecule has 3 aromatic carbocycles. The molecule has 3 aromatic rings. The molecule has 0 amide bonds. The van der Waals surface area contributed by atoms with E-state index in [9.17, 15) is 17.2 Å². The Bertz CT molecular complexity index is 1190. The largest absolute Gasteiger partial charge is 0.455 e. The third-order valence-corrected chi connectivity index (χ3v) is 6.28. The summed E-state index contributed by atoms with van der Waals surface area (Å²) in [6.45, 7) is 1.52. The predicted octanol–water partition coefficient (Wildman–Crippen LogP) is 5.30. The van der Waals surface area contributed by atoms with Crippen LogP contribution in [0.5, 0.6) is 11.5 Å². The first-order valence-corrected chi connectivity index (χ1v) is 11.7. The van der Waals surface area contributed by atoms with Gasteiger partial charge in [-0.15, -0.1) is 0 Å². The molecule has 0 aliphatic rings. The van der Waals surface area contributed by atoms with E-state index < -0.39 is 21.7 Å². The first-order valence-electron chi connectivity index (χ1n) is 8.97. The lowest BCUT2D eigenvalue weighted by Gasteiger charge is -2.14. The van der Waals surface area contributed by atoms with Gasteiger partial charge in [-0.1, -0.05) is 12.1 Å². The summed E-state index contributed by atoms with van der Waals surface area (Å²) >= 11 is 2.01. The normalized spacial score (nSPS) is 11.3. The number of nitrogens with two attached hydrogens (primary N) is 1. The lowest BCUT2D eigenvalue weighted by Crippen LogP contribution is -2.14. The highest BCUT2D eigenvalue weighted by molar-refractivity contribution is 14.1. The SMILES string of the molecule is CCS(=O)(=O)Nc1cccc(Oc2cc(F)cc(Cc3ccc(I)cc3F)c2N)c1. The molecule has 5 nitrogen and oxygen atoms in total. The van der Waals surface area contributed by atoms with E-state index in [1.165, 1.54) is 25.1 Å². The Morgan fingerprint density at radius 1 is 1.07 bits per heavy atom. The summed E-state index contributed by atoms with van der Waals surface area (Å²) in [5.74, 6) is -0.721. The topological polar surface area (TPSA) is 81.4 Å². The fourth-order valence-corrected chi connectivity index (χ4v) is 3.83. The Hall–Kier alpha value is -2.40. The fourth-order valence-electron chi connectivity index (χ4n) is 2.75. The lowest BCUT2D eigenvalue weighted by molar-refractivity contribution is 0.478. The van der Waals surface area contributed by atoms with Crippen molar-refractivity contribution in [2.75, 3.05) is 16.2 Å². The van der Waals surface area contributed by atoms with Crippen molar-refractivity contribution in [1.82, 2.24) is 0 Å². The van der Waals surface area contributed by atoms with Crippen LogP contribution in [0.3, 0.4) is 0 Å². The molecule has 0 bridgehead atoms. The second kappa shape index (κ2) is 9.17. The minimum absolute atomic E-state index is 0.0615. The molecule has 0 unspecified atom stereocenters. The third-order valence-electron chi connectivity index (χ3n) is 4.30. The summed E-state index contributed by atoms with van der Waals surface area (Å²) in [7, 11) is -3.45. The number of nitrogens with one attached hydrogen (secondary N) is 1. The van der Waals surface area contributed by atoms with Crippen LogP contribution in [0.25, 0.3) is 0 Å². The molecule has 0 radical (unpaired) electrons. The van der Waals surface area contributed by atoms with Gasteiger partial charge in [0.25, 0.3) is 0 Å². The van der Waals surface area contributed by atoms with Gasteiger partial charge < -0.3 is 10.5 Å². The van der Waals surface area contributed by atoms with Crippen molar-refractivity contribution in [2.45, 2.75) is 13.3 Å². The molecular weight excluding hydrogens is 525 g/mol. The van der Waals surface area contributed by atoms with Crippen LogP contribution in [-0.4, -0.2) is 14.2 Å². The second-order valence-electron chi connectivity index (χ2n) is 6.52. The van der Waals surface area contributed by atoms with Crippen LogP contribution in [0, 0.1) is 15.2 Å². The summed E-state index contributed by atoms with van der Waals surface area (Å²) in [5, 5.41) is 0. The maximum Gasteiger partial charge on any atom is 0.232 e. The lowest BCUT2D eigenvalue weighted by atomic mass is 10.0. The zero-order valence-electron chi connectivity index (χ0n) is 16.0. The molecule has 0 aliphatic carbocycles. The van der Waals surface area contributed by atoms with Crippen LogP contribution in [-0.2, 0) is 16.4 Å². The maximum atomic E-state index is 14.2. The monoisotopic (exact) mass is 544 g/mol. The van der Waals surface area contributed by atoms with Gasteiger partial charge >= 0.3 is 0 Å². The number of ether oxygens (including phenoxy) is 1. The van der Waals surface area contributed by atoms with Gasteiger partial charge in [0.05, 0.1) is 17.1 Å². The molecule has 158 valence electrons. The number of benzene rings is 3. The number of rotatable bonds is 7. The van der Waals surface area contributed by atoms with E-state index >= 15 is 0 Å². The summed E-state index contributed by atoms with van der Waals surface area (Å²) in [4.78, 5) is 0. The van der Waals surface area contributed by atoms with E-state index in [-0.39, 0.29) is 29.4 Å². The highest BCUT2D eigenvalue weighted by atomic mass is 127. The average Bonchev–Trinajstić information content (AvgIpc) is 2.67. The highest BCUT2D eigenvalue weighted by Gasteiger charge is 2.14. The number of halogens is 3. The van der Waals surface area contributed by atoms with Crippen molar-refractivity contribution >= 4 is 44.0 Å². The molecule has 3 N–H and O–H groups in total. The third kappa shape index (κ3) is 5.60. The van der Waals surface area contributed by atoms with Gasteiger partial charge in [-0.25, -0.2) is 17.2 Å². The number of hydrogen-bond donors (Lipinski definition) is 2. The number of nitrogen functional groups attached to an aromatic ring is 1. The van der Waals surface area contributed by atoms with Gasteiger partial charge in [0.15, 0.2) is 5.75 Å². The Labute approximate surface area is 187 Å². The molecule has 0 heterocycles. The molecule has 0 aliphatic heterocycles. The standard InChI is InChI=1S/C21H19F2IN2O3S/c1-2-30(27,28)26-17-4-3-5-18(12-17)29-20-10-15(22)9-14(21(20)25)8-13-6-7-16(24)11-19(13)23/h3-7,9-12,26H,2,8,25H2,1H3. The highest BCUT2D eigenvalue weighted by Crippen LogP contribution is 2.34. The molecule has 9 heteroatoms. The van der Waals surface area contributed by atoms with E-state index in [4.69, 9.17) is 10.5 Å². The van der Waals surface area contributed by atoms with E-state index in [1.54, 1.807) is 30.3 Å². The van der Waals surface area contributed by atoms with Gasteiger partial charge in [-0.2, -0.15) is 0 Å². The van der Waals surface area contributed by atoms with Crippen LogP contribution in [0.2, 0.25) is 0 Å². The van der Waals surface area contributed by atoms with Crippen molar-refractivity contribution in [3.63, 3.8) is 0 Å². The minimum atomic E-state index is -3.45. The molecule has 0 saturated heterocycles. The van der Waals surface area contributed by atoms with Gasteiger partial charge in [0.1, 0.15) is 17.4 Å². The summed E-state index contributed by atoms with van der Waals surface area (Å²) in [5.41, 5.74) is 7.41. The first-order chi connectivity index (χ1) is 14.2. The van der Waals surface area contributed by atoms with Crippen molar-refractivity contribution in [3.05, 3.63) is 80.9 Å². The van der Waals surface area contributed by atoms with E-state index in [2.05, 4.69) is 4.72 Å². The zero-order chi connectivity index (χ0) is 21.9. The maximum absolute atomic E-state index is 14.2. The van der Waals surface area contributed by atoms with Gasteiger partial charge in [0, 0.05) is 22.1 Å². The van der Waals surface area contributed by atoms with Crippen LogP contribution < -0.4 is 15.2 Å². The van der Waals surface area contributed by atoms with Crippen molar-refractivity contribution < 1.29 is 21.9 Å². The zero-order valence-corrected chi connectivity index (χ0v) is 18.9. The van der Waals surface area contributed by atoms with Crippen LogP contribution in [0.1, 0.15) is 18.1 Å². The summed E-state index contributed by atoms with van der Waals surface area (Å²) in [6, 6.07) is 13.4. The quantitative estimate of drug-likeness (QED) is 0.313. The molecule has 0 saturated carbocycles. The number of anilines is 2. The number of sulfonamides is 1. The molecule has 0 atom stereocenters. The van der Waals surface area contributed by atoms with Gasteiger partial charge in [-0.05, 0) is 71.0 Å². The summed E-state index contributed by atoms with van der Waals surface area (Å²) in [6.07, 6.45) is 0.0963. The predicted molar refractivity (Wildman–Crippen MR) is 122 cm³/mol. The van der Waals surface area contributed by atoms with Crippen LogP contribution >= 0.6 is 22.6 Å². The molecule has 30 heavy (non-hydrogen) atoms. The Morgan fingerprint density at radius 3 is 2.53 bits per heavy atom. The van der Waals surface area contributed by atoms with E-state index in [0.29, 0.717) is 16.8 Å². The van der Waals surface area contributed by atoms with Crippen LogP contribution in [0.15, 0.2) is 54.6 Å². The number of hydrogen-bond acceptors (Lipinski definition) is 4. The van der Waals surface area contributed by atoms with E-state index in [0.717, 1.165) is 9.64 Å². The molecular formula is C21H19F2IN2O3S. The van der Waals surface area contributed by atoms with Crippen molar-refractivity contribution in [3.8, 4) is 11.5 Å². The molecule has 3 rings (SSSR count). The molecule has 0 fully saturated rings. The smallest absolute Gasteiger partial charge is 0.232 e. The fraction of sp³-hybridized carbons (Fsp3) is 0.143. The van der Waals surface area contributed by atoms with Gasteiger partial charge in [-0.3, -0.25) is 4.72 Å². The summed E-state index contributed by atoms with van der Waals surface area (Å²) < 4.78 is 60.8. The molecule has 0 aromatic heterocycles. The second-order valence-corrected chi connectivity index (χ2v) is 9.78. The minimum Gasteiger partial charge on any atom is -0.455 e. The first kappa shape index (κ1) is 22.3. The van der Waals surface area contributed by atoms with Crippen molar-refractivity contribution in [2.24, 2.45) is 0 Å². The Balaban J connectivity index is 1.89. The van der Waals surface area contributed by atoms with Crippen molar-refractivity contribution in [1.29, 1.82) is 0 Å². The van der Waals surface area contributed by atoms with Gasteiger partial charge in [0.2, 0.25) is 10.0 Å². The van der Waals surface area contributed by atoms with Crippen LogP contribution in [0.4, 0.5) is 20.2 Å². The Kier molecular flexibility index (Phi) is 6.81. The van der Waals surface area contributed by atoms with E-state index in [1.807, 2.05) is 22.6 Å².